The van der Waals surface area contributed by atoms with Crippen molar-refractivity contribution in [3.63, 3.8) is 0 Å². The van der Waals surface area contributed by atoms with Gasteiger partial charge < -0.3 is 14.8 Å². The molecule has 0 amide bonds. The summed E-state index contributed by atoms with van der Waals surface area (Å²) in [6.07, 6.45) is 1.10. The fourth-order valence-electron chi connectivity index (χ4n) is 3.02. The van der Waals surface area contributed by atoms with E-state index in [0.717, 1.165) is 56.3 Å². The molecule has 4 rings (SSSR count). The first kappa shape index (κ1) is 14.3. The summed E-state index contributed by atoms with van der Waals surface area (Å²) < 4.78 is 13.3. The van der Waals surface area contributed by atoms with Gasteiger partial charge in [0.05, 0.1) is 25.5 Å². The number of rotatable bonds is 4. The van der Waals surface area contributed by atoms with Crippen molar-refractivity contribution in [3.8, 4) is 11.3 Å². The van der Waals surface area contributed by atoms with Crippen molar-refractivity contribution in [2.24, 2.45) is 5.92 Å². The van der Waals surface area contributed by atoms with E-state index in [4.69, 9.17) is 9.47 Å². The highest BCUT2D eigenvalue weighted by molar-refractivity contribution is 7.08. The molecule has 22 heavy (non-hydrogen) atoms. The van der Waals surface area contributed by atoms with Gasteiger partial charge >= 0.3 is 0 Å². The summed E-state index contributed by atoms with van der Waals surface area (Å²) in [5.74, 6) is 0.416. The van der Waals surface area contributed by atoms with E-state index >= 15 is 0 Å². The molecule has 0 aromatic carbocycles. The highest BCUT2D eigenvalue weighted by Crippen LogP contribution is 2.26. The predicted octanol–water partition coefficient (Wildman–Crippen LogP) is 1.53. The lowest BCUT2D eigenvalue weighted by molar-refractivity contribution is 0.0928. The molecule has 0 aliphatic carbocycles. The number of ether oxygens (including phenoxy) is 2. The Morgan fingerprint density at radius 3 is 3.18 bits per heavy atom. The Morgan fingerprint density at radius 2 is 2.36 bits per heavy atom. The zero-order valence-electron chi connectivity index (χ0n) is 12.4. The molecule has 0 saturated carbocycles. The minimum Gasteiger partial charge on any atom is -0.380 e. The smallest absolute Gasteiger partial charge is 0.119 e. The minimum atomic E-state index is 0.416. The van der Waals surface area contributed by atoms with Crippen molar-refractivity contribution < 1.29 is 9.47 Å². The van der Waals surface area contributed by atoms with Gasteiger partial charge in [0.2, 0.25) is 0 Å². The number of hydrogen-bond acceptors (Lipinski definition) is 6. The molecule has 6 nitrogen and oxygen atoms in total. The second-order valence-corrected chi connectivity index (χ2v) is 6.71. The summed E-state index contributed by atoms with van der Waals surface area (Å²) in [7, 11) is 0. The van der Waals surface area contributed by atoms with Gasteiger partial charge in [-0.2, -0.15) is 11.3 Å². The van der Waals surface area contributed by atoms with E-state index in [-0.39, 0.29) is 0 Å². The van der Waals surface area contributed by atoms with Crippen LogP contribution < -0.4 is 5.32 Å². The lowest BCUT2D eigenvalue weighted by Crippen LogP contribution is -2.36. The van der Waals surface area contributed by atoms with Gasteiger partial charge in [0.25, 0.3) is 0 Å². The molecule has 2 atom stereocenters. The Hall–Kier alpha value is -1.28. The van der Waals surface area contributed by atoms with E-state index < -0.39 is 0 Å². The largest absolute Gasteiger partial charge is 0.380 e. The molecule has 2 aromatic rings. The molecule has 4 heterocycles. The molecule has 1 saturated heterocycles. The highest BCUT2D eigenvalue weighted by Gasteiger charge is 2.24. The molecule has 1 N–H and O–H groups in total. The van der Waals surface area contributed by atoms with Crippen LogP contribution in [0.4, 0.5) is 0 Å². The zero-order chi connectivity index (χ0) is 14.8. The van der Waals surface area contributed by atoms with Crippen molar-refractivity contribution in [2.75, 3.05) is 26.4 Å². The predicted molar refractivity (Wildman–Crippen MR) is 83.7 cm³/mol. The molecule has 7 heteroatoms. The maximum absolute atomic E-state index is 5.88. The molecule has 0 bridgehead atoms. The van der Waals surface area contributed by atoms with Crippen molar-refractivity contribution in [3.05, 3.63) is 22.5 Å². The third-order valence-electron chi connectivity index (χ3n) is 4.28. The van der Waals surface area contributed by atoms with Crippen LogP contribution >= 0.6 is 11.3 Å². The molecule has 2 aliphatic rings. The van der Waals surface area contributed by atoms with Gasteiger partial charge in [0.15, 0.2) is 0 Å². The van der Waals surface area contributed by atoms with E-state index in [1.807, 2.05) is 4.68 Å². The van der Waals surface area contributed by atoms with Crippen LogP contribution in [0.1, 0.15) is 12.1 Å². The topological polar surface area (TPSA) is 61.2 Å². The molecular weight excluding hydrogens is 300 g/mol. The maximum Gasteiger partial charge on any atom is 0.119 e. The van der Waals surface area contributed by atoms with Crippen LogP contribution in [0.15, 0.2) is 16.8 Å². The van der Waals surface area contributed by atoms with E-state index in [0.29, 0.717) is 18.6 Å². The molecule has 2 unspecified atom stereocenters. The Labute approximate surface area is 133 Å². The average molecular weight is 320 g/mol. The van der Waals surface area contributed by atoms with Gasteiger partial charge in [-0.3, -0.25) is 0 Å². The Balaban J connectivity index is 1.45. The van der Waals surface area contributed by atoms with Crippen molar-refractivity contribution in [1.82, 2.24) is 20.3 Å². The number of fused-ring (bicyclic) bond motifs is 1. The first-order chi connectivity index (χ1) is 10.9. The average Bonchev–Trinajstić information content (AvgIpc) is 3.25. The number of aromatic nitrogens is 3. The Morgan fingerprint density at radius 1 is 1.36 bits per heavy atom. The first-order valence-corrected chi connectivity index (χ1v) is 8.68. The molecule has 2 aliphatic heterocycles. The molecule has 118 valence electrons. The van der Waals surface area contributed by atoms with Gasteiger partial charge in [-0.05, 0) is 17.9 Å². The molecule has 0 spiro atoms. The normalized spacial score (nSPS) is 25.1. The van der Waals surface area contributed by atoms with Gasteiger partial charge in [0.1, 0.15) is 5.69 Å². The first-order valence-electron chi connectivity index (χ1n) is 7.74. The highest BCUT2D eigenvalue weighted by atomic mass is 32.1. The van der Waals surface area contributed by atoms with E-state index in [1.165, 1.54) is 0 Å². The second kappa shape index (κ2) is 6.45. The van der Waals surface area contributed by atoms with Crippen LogP contribution in [0.25, 0.3) is 11.3 Å². The monoisotopic (exact) mass is 320 g/mol. The molecule has 2 aromatic heterocycles. The van der Waals surface area contributed by atoms with Crippen molar-refractivity contribution in [1.29, 1.82) is 0 Å². The van der Waals surface area contributed by atoms with E-state index in [9.17, 15) is 0 Å². The minimum absolute atomic E-state index is 0.416. The summed E-state index contributed by atoms with van der Waals surface area (Å²) in [6.45, 7) is 4.82. The van der Waals surface area contributed by atoms with Crippen molar-refractivity contribution >= 4 is 11.3 Å². The maximum atomic E-state index is 5.88. The van der Waals surface area contributed by atoms with Crippen LogP contribution in [0.2, 0.25) is 0 Å². The van der Waals surface area contributed by atoms with Crippen LogP contribution in [-0.4, -0.2) is 47.4 Å². The van der Waals surface area contributed by atoms with Crippen molar-refractivity contribution in [2.45, 2.75) is 25.6 Å². The molecule has 1 fully saturated rings. The van der Waals surface area contributed by atoms with E-state index in [2.05, 4.69) is 32.5 Å². The Bertz CT molecular complexity index is 607. The van der Waals surface area contributed by atoms with Crippen LogP contribution in [0, 0.1) is 5.92 Å². The van der Waals surface area contributed by atoms with Gasteiger partial charge in [0, 0.05) is 42.6 Å². The summed E-state index contributed by atoms with van der Waals surface area (Å²) in [4.78, 5) is 0. The van der Waals surface area contributed by atoms with E-state index in [1.54, 1.807) is 11.3 Å². The lowest BCUT2D eigenvalue weighted by Gasteiger charge is -2.17. The van der Waals surface area contributed by atoms with Crippen LogP contribution in [0.5, 0.6) is 0 Å². The third-order valence-corrected chi connectivity index (χ3v) is 4.96. The number of nitrogens with one attached hydrogen (secondary N) is 1. The molecular formula is C15H20N4O2S. The fourth-order valence-corrected chi connectivity index (χ4v) is 3.66. The summed E-state index contributed by atoms with van der Waals surface area (Å²) in [5.41, 5.74) is 3.18. The van der Waals surface area contributed by atoms with Gasteiger partial charge in [-0.25, -0.2) is 4.68 Å². The zero-order valence-corrected chi connectivity index (χ0v) is 13.2. The fraction of sp³-hybridized carbons (Fsp3) is 0.600. The SMILES string of the molecule is c1cc(-c2nnn3c2COCC(CNC2CCOC2)C3)cs1. The quantitative estimate of drug-likeness (QED) is 0.926. The molecule has 0 radical (unpaired) electrons. The Kier molecular flexibility index (Phi) is 4.20. The number of thiophene rings is 1. The number of nitrogens with zero attached hydrogens (tertiary/aromatic N) is 3. The third kappa shape index (κ3) is 2.94. The lowest BCUT2D eigenvalue weighted by atomic mass is 10.1. The standard InChI is InChI=1S/C15H20N4O2S/c1-3-20-8-13(1)16-5-11-6-19-14(9-21-7-11)15(17-18-19)12-2-4-22-10-12/h2,4,10-11,13,16H,1,3,5-9H2. The summed E-state index contributed by atoms with van der Waals surface area (Å²) in [6, 6.07) is 2.57. The number of hydrogen-bond donors (Lipinski definition) is 1. The van der Waals surface area contributed by atoms with Crippen LogP contribution in [-0.2, 0) is 22.6 Å². The summed E-state index contributed by atoms with van der Waals surface area (Å²) in [5, 5.41) is 16.4. The second-order valence-electron chi connectivity index (χ2n) is 5.93. The van der Waals surface area contributed by atoms with Gasteiger partial charge in [-0.15, -0.1) is 5.10 Å². The summed E-state index contributed by atoms with van der Waals surface area (Å²) >= 11 is 1.68. The van der Waals surface area contributed by atoms with Crippen LogP contribution in [0.3, 0.4) is 0 Å². The van der Waals surface area contributed by atoms with Gasteiger partial charge in [-0.1, -0.05) is 5.21 Å².